The van der Waals surface area contributed by atoms with Crippen molar-refractivity contribution < 1.29 is 9.47 Å². The first-order valence-corrected chi connectivity index (χ1v) is 41.8. The molecule has 2 spiro atoms. The Kier molecular flexibility index (Phi) is 15.5. The highest BCUT2D eigenvalue weighted by atomic mass is 16.5. The van der Waals surface area contributed by atoms with Crippen molar-refractivity contribution in [2.45, 2.75) is 10.8 Å². The molecule has 0 bridgehead atoms. The molecule has 123 heavy (non-hydrogen) atoms. The summed E-state index contributed by atoms with van der Waals surface area (Å²) in [5, 5.41) is 18.4. The quantitative estimate of drug-likeness (QED) is 0.147. The van der Waals surface area contributed by atoms with Gasteiger partial charge >= 0.3 is 0 Å². The average molecular weight is 1570 g/mol. The molecule has 0 fully saturated rings. The molecule has 22 aromatic rings. The number of aromatic nitrogens is 5. The third kappa shape index (κ3) is 10.5. The largest absolute Gasteiger partial charge is 0.457 e. The van der Waals surface area contributed by atoms with Gasteiger partial charge in [-0.15, -0.1) is 0 Å². The van der Waals surface area contributed by atoms with Gasteiger partial charge in [-0.25, -0.2) is 19.9 Å². The van der Waals surface area contributed by atoms with Gasteiger partial charge in [0.05, 0.1) is 78.3 Å². The van der Waals surface area contributed by atoms with Gasteiger partial charge in [-0.2, -0.15) is 5.26 Å². The minimum Gasteiger partial charge on any atom is -0.457 e. The van der Waals surface area contributed by atoms with E-state index in [0.717, 1.165) is 194 Å². The van der Waals surface area contributed by atoms with E-state index in [1.807, 2.05) is 36.4 Å². The molecule has 2 aliphatic heterocycles. The van der Waals surface area contributed by atoms with Crippen LogP contribution < -0.4 is 9.47 Å². The molecular formula is C115H68N6O2. The van der Waals surface area contributed by atoms with E-state index < -0.39 is 10.8 Å². The summed E-state index contributed by atoms with van der Waals surface area (Å²) in [6, 6.07) is 149. The fourth-order valence-corrected chi connectivity index (χ4v) is 20.6. The van der Waals surface area contributed by atoms with Crippen molar-refractivity contribution >= 4 is 76.2 Å². The molecule has 0 amide bonds. The molecule has 4 aliphatic rings. The molecular weight excluding hydrogens is 1500 g/mol. The Morgan fingerprint density at radius 3 is 1.06 bits per heavy atom. The monoisotopic (exact) mass is 1560 g/mol. The maximum atomic E-state index is 9.66. The van der Waals surface area contributed by atoms with Crippen LogP contribution in [0.3, 0.4) is 0 Å². The van der Waals surface area contributed by atoms with Gasteiger partial charge < -0.3 is 14.0 Å². The smallest absolute Gasteiger partial charge is 0.132 e. The van der Waals surface area contributed by atoms with Gasteiger partial charge in [0, 0.05) is 82.5 Å². The van der Waals surface area contributed by atoms with E-state index in [1.54, 1.807) is 0 Å². The Morgan fingerprint density at radius 2 is 0.585 bits per heavy atom. The van der Waals surface area contributed by atoms with Crippen LogP contribution in [0.1, 0.15) is 50.1 Å². The third-order valence-corrected chi connectivity index (χ3v) is 26.0. The lowest BCUT2D eigenvalue weighted by molar-refractivity contribution is 0.437. The highest BCUT2D eigenvalue weighted by Crippen LogP contribution is 2.65. The number of hydrogen-bond acceptors (Lipinski definition) is 7. The second-order valence-electron chi connectivity index (χ2n) is 32.4. The van der Waals surface area contributed by atoms with Crippen molar-refractivity contribution in [3.05, 3.63) is 463 Å². The van der Waals surface area contributed by atoms with E-state index in [-0.39, 0.29) is 0 Å². The lowest BCUT2D eigenvalue weighted by Crippen LogP contribution is -2.32. The first-order valence-electron chi connectivity index (χ1n) is 41.8. The lowest BCUT2D eigenvalue weighted by Gasteiger charge is -2.39. The molecule has 18 aromatic carbocycles. The number of fused-ring (bicyclic) bond motifs is 28. The summed E-state index contributed by atoms with van der Waals surface area (Å²) in [5.74, 6) is 3.43. The number of benzene rings is 18. The second kappa shape index (κ2) is 27.3. The van der Waals surface area contributed by atoms with Crippen LogP contribution in [-0.4, -0.2) is 24.5 Å². The normalized spacial score (nSPS) is 13.1. The van der Waals surface area contributed by atoms with Gasteiger partial charge in [0.15, 0.2) is 0 Å². The van der Waals surface area contributed by atoms with Gasteiger partial charge in [-0.1, -0.05) is 303 Å². The summed E-state index contributed by atoms with van der Waals surface area (Å²) in [6.07, 6.45) is 0. The van der Waals surface area contributed by atoms with E-state index in [1.165, 1.54) is 44.5 Å². The number of nitrogens with zero attached hydrogens (tertiary/aromatic N) is 6. The van der Waals surface area contributed by atoms with Crippen molar-refractivity contribution in [1.82, 2.24) is 24.5 Å². The summed E-state index contributed by atoms with van der Waals surface area (Å²) in [4.78, 5) is 21.4. The summed E-state index contributed by atoms with van der Waals surface area (Å²) >= 11 is 0. The predicted molar refractivity (Wildman–Crippen MR) is 498 cm³/mol. The topological polar surface area (TPSA) is 98.7 Å². The maximum absolute atomic E-state index is 9.66. The molecule has 8 nitrogen and oxygen atoms in total. The van der Waals surface area contributed by atoms with Gasteiger partial charge in [0.2, 0.25) is 0 Å². The molecule has 4 aromatic heterocycles. The molecule has 570 valence electrons. The zero-order valence-corrected chi connectivity index (χ0v) is 66.3. The molecule has 2 aliphatic carbocycles. The second-order valence-corrected chi connectivity index (χ2v) is 32.4. The fourth-order valence-electron chi connectivity index (χ4n) is 20.6. The van der Waals surface area contributed by atoms with E-state index >= 15 is 0 Å². The molecule has 8 heteroatoms. The highest BCUT2D eigenvalue weighted by Gasteiger charge is 2.53. The molecule has 0 N–H and O–H groups in total. The predicted octanol–water partition coefficient (Wildman–Crippen LogP) is 28.6. The van der Waals surface area contributed by atoms with Crippen LogP contribution in [0.15, 0.2) is 413 Å². The first kappa shape index (κ1) is 69.6. The zero-order valence-electron chi connectivity index (χ0n) is 66.3. The highest BCUT2D eigenvalue weighted by molar-refractivity contribution is 6.16. The minimum atomic E-state index is -0.586. The summed E-state index contributed by atoms with van der Waals surface area (Å²) in [7, 11) is 0. The molecule has 0 saturated heterocycles. The molecule has 0 saturated carbocycles. The zero-order chi connectivity index (χ0) is 81.0. The first-order chi connectivity index (χ1) is 60.9. The Hall–Kier alpha value is -16.5. The van der Waals surface area contributed by atoms with E-state index in [2.05, 4.69) is 387 Å². The van der Waals surface area contributed by atoms with Crippen LogP contribution in [0.5, 0.6) is 23.0 Å². The minimum absolute atomic E-state index is 0.579. The van der Waals surface area contributed by atoms with Crippen LogP contribution in [0.25, 0.3) is 171 Å². The number of nitriles is 1. The van der Waals surface area contributed by atoms with Crippen molar-refractivity contribution in [3.8, 4) is 124 Å². The number of para-hydroxylation sites is 3. The molecule has 0 unspecified atom stereocenters. The number of hydrogen-bond donors (Lipinski definition) is 0. The Bertz CT molecular complexity index is 8170. The van der Waals surface area contributed by atoms with Crippen molar-refractivity contribution in [1.29, 1.82) is 5.26 Å². The lowest BCUT2D eigenvalue weighted by atomic mass is 9.65. The van der Waals surface area contributed by atoms with E-state index in [0.29, 0.717) is 5.56 Å². The van der Waals surface area contributed by atoms with Crippen LogP contribution in [0.2, 0.25) is 0 Å². The number of rotatable bonds is 7. The standard InChI is InChI=1S/C58H35N3O.C57H33N3O/c1-4-16-36(17-5-1)55-45-35-54-49(58(48-26-14-15-27-53(48)62-54)46-24-12-10-22-41(46)42-23-11-13-25-47(42)58)34-43(45)44-32-39(28-30-50(44)59-55)40-29-31-51-52(33-40)61-57(38-20-8-3-9-21-38)56(60-51)37-18-6-2-7-19-37;58-34-35-22-29-53-45(30-35)42-16-6-10-20-52(42)60(53)39-26-23-36(24-27-39)38-25-28-51-44(31-38)43-32-50-55(33-46(43)56(59-51)37-12-2-1-3-13-37)61-54-21-11-9-19-49(54)57(50)47-17-7-4-14-40(47)41-15-5-8-18-48(41)57/h1-35H;1-33H. The van der Waals surface area contributed by atoms with Crippen LogP contribution in [-0.2, 0) is 10.8 Å². The van der Waals surface area contributed by atoms with E-state index in [4.69, 9.17) is 29.4 Å². The third-order valence-electron chi connectivity index (χ3n) is 26.0. The average Bonchev–Trinajstić information content (AvgIpc) is 1.55. The van der Waals surface area contributed by atoms with Crippen molar-refractivity contribution in [2.75, 3.05) is 0 Å². The van der Waals surface area contributed by atoms with Gasteiger partial charge in [-0.3, -0.25) is 0 Å². The van der Waals surface area contributed by atoms with Crippen LogP contribution in [0.4, 0.5) is 0 Å². The molecule has 0 atom stereocenters. The van der Waals surface area contributed by atoms with Crippen molar-refractivity contribution in [3.63, 3.8) is 0 Å². The SMILES string of the molecule is N#Cc1ccc2c(c1)c1ccccc1n2-c1ccc(-c2ccc3nc(-c4ccccc4)c4cc5c(cc4c3c2)C2(c3ccccc3O5)c3ccccc3-c3ccccc32)cc1.c1ccc(-c2nc3ccc(-c4ccc5nc(-c6ccccc6)c6cc7c(cc6c5c4)C4(c5ccccc5O7)c5ccccc5-c5ccccc54)cc3nc2-c2ccccc2)cc1. The van der Waals surface area contributed by atoms with Gasteiger partial charge in [-0.05, 0) is 187 Å². The maximum Gasteiger partial charge on any atom is 0.132 e. The van der Waals surface area contributed by atoms with E-state index in [9.17, 15) is 5.26 Å². The van der Waals surface area contributed by atoms with Crippen LogP contribution >= 0.6 is 0 Å². The number of ether oxygens (including phenoxy) is 2. The van der Waals surface area contributed by atoms with Gasteiger partial charge in [0.1, 0.15) is 23.0 Å². The molecule has 26 rings (SSSR count). The Balaban J connectivity index is 0.000000135. The summed E-state index contributed by atoms with van der Waals surface area (Å²) < 4.78 is 16.2. The van der Waals surface area contributed by atoms with Gasteiger partial charge in [0.25, 0.3) is 0 Å². The summed E-state index contributed by atoms with van der Waals surface area (Å²) in [6.45, 7) is 0. The molecule has 6 heterocycles. The Morgan fingerprint density at radius 1 is 0.220 bits per heavy atom. The Labute approximate surface area is 708 Å². The van der Waals surface area contributed by atoms with Crippen molar-refractivity contribution in [2.24, 2.45) is 0 Å². The number of pyridine rings is 2. The van der Waals surface area contributed by atoms with Crippen LogP contribution in [0, 0.1) is 11.3 Å². The summed E-state index contributed by atoms with van der Waals surface area (Å²) in [5.41, 5.74) is 33.1. The molecule has 0 radical (unpaired) electrons. The fraction of sp³-hybridized carbons (Fsp3) is 0.0174.